The van der Waals surface area contributed by atoms with E-state index in [1.165, 1.54) is 25.8 Å². The summed E-state index contributed by atoms with van der Waals surface area (Å²) in [5.41, 5.74) is 0. The van der Waals surface area contributed by atoms with Crippen molar-refractivity contribution in [2.24, 2.45) is 0 Å². The highest BCUT2D eigenvalue weighted by molar-refractivity contribution is 4.67. The lowest BCUT2D eigenvalue weighted by atomic mass is 10.1. The first-order valence-electron chi connectivity index (χ1n) is 4.29. The van der Waals surface area contributed by atoms with Crippen LogP contribution in [0.15, 0.2) is 0 Å². The van der Waals surface area contributed by atoms with Gasteiger partial charge < -0.3 is 4.90 Å². The maximum Gasteiger partial charge on any atom is 0.0621 e. The van der Waals surface area contributed by atoms with Gasteiger partial charge in [-0.1, -0.05) is 12.8 Å². The molecule has 64 valence electrons. The van der Waals surface area contributed by atoms with Gasteiger partial charge in [-0.3, -0.25) is 0 Å². The monoisotopic (exact) mass is 154 g/mol. The van der Waals surface area contributed by atoms with Crippen LogP contribution in [0.5, 0.6) is 0 Å². The molecule has 0 saturated heterocycles. The Kier molecular flexibility index (Phi) is 7.18. The minimum absolute atomic E-state index is 0.724. The van der Waals surface area contributed by atoms with Crippen molar-refractivity contribution in [2.45, 2.75) is 32.1 Å². The van der Waals surface area contributed by atoms with Gasteiger partial charge in [-0.15, -0.1) is 0 Å². The van der Waals surface area contributed by atoms with E-state index in [0.29, 0.717) is 0 Å². The van der Waals surface area contributed by atoms with Crippen LogP contribution in [-0.4, -0.2) is 25.5 Å². The van der Waals surface area contributed by atoms with Crippen LogP contribution in [0.25, 0.3) is 0 Å². The van der Waals surface area contributed by atoms with Crippen molar-refractivity contribution >= 4 is 0 Å². The average Bonchev–Trinajstić information content (AvgIpc) is 1.96. The number of rotatable bonds is 6. The zero-order valence-electron chi connectivity index (χ0n) is 7.64. The van der Waals surface area contributed by atoms with Crippen molar-refractivity contribution in [3.8, 4) is 6.07 Å². The molecule has 0 N–H and O–H groups in total. The molecule has 0 bridgehead atoms. The van der Waals surface area contributed by atoms with Gasteiger partial charge in [-0.05, 0) is 33.5 Å². The molecular weight excluding hydrogens is 136 g/mol. The Balaban J connectivity index is 2.86. The quantitative estimate of drug-likeness (QED) is 0.547. The third-order valence-corrected chi connectivity index (χ3v) is 1.64. The molecule has 0 aromatic carbocycles. The summed E-state index contributed by atoms with van der Waals surface area (Å²) < 4.78 is 0. The molecule has 0 aliphatic rings. The van der Waals surface area contributed by atoms with Gasteiger partial charge in [0.05, 0.1) is 6.07 Å². The lowest BCUT2D eigenvalue weighted by Gasteiger charge is -2.07. The van der Waals surface area contributed by atoms with Gasteiger partial charge in [0.15, 0.2) is 0 Å². The van der Waals surface area contributed by atoms with Gasteiger partial charge in [0, 0.05) is 6.42 Å². The highest BCUT2D eigenvalue weighted by Crippen LogP contribution is 2.02. The fourth-order valence-electron chi connectivity index (χ4n) is 0.986. The van der Waals surface area contributed by atoms with Crippen LogP contribution in [0, 0.1) is 11.3 Å². The van der Waals surface area contributed by atoms with Crippen LogP contribution in [0.4, 0.5) is 0 Å². The van der Waals surface area contributed by atoms with Crippen molar-refractivity contribution in [3.05, 3.63) is 0 Å². The lowest BCUT2D eigenvalue weighted by Crippen LogP contribution is -2.12. The smallest absolute Gasteiger partial charge is 0.0621 e. The van der Waals surface area contributed by atoms with Crippen molar-refractivity contribution in [3.63, 3.8) is 0 Å². The molecule has 0 rings (SSSR count). The van der Waals surface area contributed by atoms with Gasteiger partial charge in [-0.2, -0.15) is 5.26 Å². The molecule has 0 fully saturated rings. The fraction of sp³-hybridized carbons (Fsp3) is 0.889. The van der Waals surface area contributed by atoms with E-state index in [-0.39, 0.29) is 0 Å². The predicted octanol–water partition coefficient (Wildman–Crippen LogP) is 2.02. The molecule has 0 aliphatic heterocycles. The second-order valence-corrected chi connectivity index (χ2v) is 3.13. The minimum Gasteiger partial charge on any atom is -0.309 e. The van der Waals surface area contributed by atoms with Crippen LogP contribution < -0.4 is 0 Å². The number of unbranched alkanes of at least 4 members (excludes halogenated alkanes) is 4. The highest BCUT2D eigenvalue weighted by Gasteiger charge is 1.90. The molecule has 0 saturated carbocycles. The molecule has 0 aliphatic carbocycles. The first kappa shape index (κ1) is 10.4. The molecule has 0 radical (unpaired) electrons. The lowest BCUT2D eigenvalue weighted by molar-refractivity contribution is 0.390. The van der Waals surface area contributed by atoms with Gasteiger partial charge in [-0.25, -0.2) is 0 Å². The van der Waals surface area contributed by atoms with Crippen molar-refractivity contribution in [2.75, 3.05) is 20.6 Å². The van der Waals surface area contributed by atoms with Gasteiger partial charge in [0.2, 0.25) is 0 Å². The highest BCUT2D eigenvalue weighted by atomic mass is 15.0. The summed E-state index contributed by atoms with van der Waals surface area (Å²) in [7, 11) is 4.19. The topological polar surface area (TPSA) is 27.0 Å². The predicted molar refractivity (Wildman–Crippen MR) is 47.3 cm³/mol. The largest absolute Gasteiger partial charge is 0.309 e. The van der Waals surface area contributed by atoms with Crippen LogP contribution in [0.3, 0.4) is 0 Å². The van der Waals surface area contributed by atoms with Gasteiger partial charge in [0.25, 0.3) is 0 Å². The Morgan fingerprint density at radius 2 is 1.73 bits per heavy atom. The minimum atomic E-state index is 0.724. The summed E-state index contributed by atoms with van der Waals surface area (Å²) >= 11 is 0. The molecule has 2 heteroatoms. The number of hydrogen-bond acceptors (Lipinski definition) is 2. The fourth-order valence-corrected chi connectivity index (χ4v) is 0.986. The van der Waals surface area contributed by atoms with E-state index < -0.39 is 0 Å². The first-order valence-corrected chi connectivity index (χ1v) is 4.29. The van der Waals surface area contributed by atoms with E-state index in [2.05, 4.69) is 25.1 Å². The standard InChI is InChI=1S/C9H18N2/c1-11(2)9-7-5-3-4-6-8-10/h3-7,9H2,1-2H3. The molecule has 0 aromatic rings. The van der Waals surface area contributed by atoms with E-state index in [1.54, 1.807) is 0 Å². The Hall–Kier alpha value is -0.550. The van der Waals surface area contributed by atoms with Crippen LogP contribution >= 0.6 is 0 Å². The number of nitrogens with zero attached hydrogens (tertiary/aromatic N) is 2. The van der Waals surface area contributed by atoms with Gasteiger partial charge in [0.1, 0.15) is 0 Å². The molecule has 0 atom stereocenters. The molecule has 0 amide bonds. The Morgan fingerprint density at radius 1 is 1.09 bits per heavy atom. The number of hydrogen-bond donors (Lipinski definition) is 0. The second-order valence-electron chi connectivity index (χ2n) is 3.13. The van der Waals surface area contributed by atoms with Crippen molar-refractivity contribution in [1.82, 2.24) is 4.90 Å². The van der Waals surface area contributed by atoms with Crippen LogP contribution in [0.1, 0.15) is 32.1 Å². The molecule has 0 spiro atoms. The van der Waals surface area contributed by atoms with E-state index in [4.69, 9.17) is 5.26 Å². The zero-order valence-corrected chi connectivity index (χ0v) is 7.64. The SMILES string of the molecule is CN(C)CCCCCCC#N. The van der Waals surface area contributed by atoms with E-state index in [9.17, 15) is 0 Å². The summed E-state index contributed by atoms with van der Waals surface area (Å²) in [6, 6.07) is 2.16. The molecule has 0 aromatic heterocycles. The first-order chi connectivity index (χ1) is 5.27. The number of nitriles is 1. The maximum atomic E-state index is 8.25. The second kappa shape index (κ2) is 7.56. The van der Waals surface area contributed by atoms with E-state index >= 15 is 0 Å². The molecule has 11 heavy (non-hydrogen) atoms. The molecule has 0 heterocycles. The summed E-state index contributed by atoms with van der Waals surface area (Å²) in [5, 5.41) is 8.25. The maximum absolute atomic E-state index is 8.25. The van der Waals surface area contributed by atoms with Crippen molar-refractivity contribution < 1.29 is 0 Å². The summed E-state index contributed by atoms with van der Waals surface area (Å²) in [5.74, 6) is 0. The third kappa shape index (κ3) is 9.45. The molecule has 0 unspecified atom stereocenters. The Labute approximate surface area is 69.8 Å². The van der Waals surface area contributed by atoms with Crippen LogP contribution in [0.2, 0.25) is 0 Å². The van der Waals surface area contributed by atoms with Crippen molar-refractivity contribution in [1.29, 1.82) is 5.26 Å². The Morgan fingerprint density at radius 3 is 2.27 bits per heavy atom. The zero-order chi connectivity index (χ0) is 8.53. The van der Waals surface area contributed by atoms with E-state index in [1.807, 2.05) is 0 Å². The van der Waals surface area contributed by atoms with Crippen LogP contribution in [-0.2, 0) is 0 Å². The van der Waals surface area contributed by atoms with Gasteiger partial charge >= 0.3 is 0 Å². The summed E-state index contributed by atoms with van der Waals surface area (Å²) in [6.07, 6.45) is 5.53. The summed E-state index contributed by atoms with van der Waals surface area (Å²) in [6.45, 7) is 1.17. The normalized spacial score (nSPS) is 10.0. The molecule has 2 nitrogen and oxygen atoms in total. The average molecular weight is 154 g/mol. The third-order valence-electron chi connectivity index (χ3n) is 1.64. The van der Waals surface area contributed by atoms with E-state index in [0.717, 1.165) is 12.8 Å². The summed E-state index contributed by atoms with van der Waals surface area (Å²) in [4.78, 5) is 2.20. The Bertz CT molecular complexity index is 113. The molecular formula is C9H18N2.